The van der Waals surface area contributed by atoms with Crippen LogP contribution in [0.4, 0.5) is 5.69 Å². The van der Waals surface area contributed by atoms with E-state index in [0.717, 1.165) is 35.4 Å². The first-order chi connectivity index (χ1) is 11.1. The number of hydrogen-bond donors (Lipinski definition) is 2. The van der Waals surface area contributed by atoms with Gasteiger partial charge in [-0.05, 0) is 48.8 Å². The van der Waals surface area contributed by atoms with Gasteiger partial charge >= 0.3 is 0 Å². The number of anilines is 1. The van der Waals surface area contributed by atoms with E-state index in [4.69, 9.17) is 23.8 Å². The minimum Gasteiger partial charge on any atom is -0.331 e. The summed E-state index contributed by atoms with van der Waals surface area (Å²) < 4.78 is 0. The van der Waals surface area contributed by atoms with Gasteiger partial charge in [-0.15, -0.1) is 0 Å². The molecule has 0 saturated heterocycles. The van der Waals surface area contributed by atoms with E-state index < -0.39 is 0 Å². The van der Waals surface area contributed by atoms with Crippen molar-refractivity contribution in [2.24, 2.45) is 5.10 Å². The summed E-state index contributed by atoms with van der Waals surface area (Å²) in [6.45, 7) is 4.08. The average Bonchev–Trinajstić information content (AvgIpc) is 2.56. The van der Waals surface area contributed by atoms with E-state index in [0.29, 0.717) is 10.1 Å². The van der Waals surface area contributed by atoms with Gasteiger partial charge in [-0.2, -0.15) is 5.10 Å². The van der Waals surface area contributed by atoms with Gasteiger partial charge in [0.05, 0.1) is 5.71 Å². The van der Waals surface area contributed by atoms with Gasteiger partial charge in [-0.1, -0.05) is 61.3 Å². The molecule has 0 bridgehead atoms. The molecule has 5 heteroatoms. The first kappa shape index (κ1) is 17.4. The van der Waals surface area contributed by atoms with Crippen molar-refractivity contribution in [2.45, 2.75) is 26.7 Å². The quantitative estimate of drug-likeness (QED) is 0.447. The second-order valence-electron chi connectivity index (χ2n) is 5.15. The zero-order chi connectivity index (χ0) is 16.7. The fourth-order valence-corrected chi connectivity index (χ4v) is 2.47. The lowest BCUT2D eigenvalue weighted by Gasteiger charge is -2.12. The van der Waals surface area contributed by atoms with Crippen LogP contribution in [0, 0.1) is 6.92 Å². The van der Waals surface area contributed by atoms with Crippen LogP contribution in [0.2, 0.25) is 5.02 Å². The molecule has 0 aliphatic heterocycles. The summed E-state index contributed by atoms with van der Waals surface area (Å²) in [6.07, 6.45) is 1.90. The highest BCUT2D eigenvalue weighted by molar-refractivity contribution is 7.80. The monoisotopic (exact) mass is 345 g/mol. The van der Waals surface area contributed by atoms with Crippen molar-refractivity contribution < 1.29 is 0 Å². The molecule has 0 amide bonds. The Morgan fingerprint density at radius 2 is 1.87 bits per heavy atom. The molecular formula is C18H20ClN3S. The molecule has 0 aliphatic rings. The first-order valence-corrected chi connectivity index (χ1v) is 8.34. The third-order valence-corrected chi connectivity index (χ3v) is 4.00. The SMILES string of the molecule is CCCC(=NNC(=S)Nc1cccc(Cl)c1C)c1ccccc1. The number of benzene rings is 2. The summed E-state index contributed by atoms with van der Waals surface area (Å²) in [7, 11) is 0. The zero-order valence-corrected chi connectivity index (χ0v) is 14.8. The average molecular weight is 346 g/mol. The van der Waals surface area contributed by atoms with Gasteiger partial charge in [0, 0.05) is 10.7 Å². The predicted molar refractivity (Wildman–Crippen MR) is 103 cm³/mol. The minimum absolute atomic E-state index is 0.444. The molecule has 23 heavy (non-hydrogen) atoms. The van der Waals surface area contributed by atoms with Gasteiger partial charge in [0.15, 0.2) is 5.11 Å². The Hall–Kier alpha value is -1.91. The third-order valence-electron chi connectivity index (χ3n) is 3.40. The largest absolute Gasteiger partial charge is 0.331 e. The summed E-state index contributed by atoms with van der Waals surface area (Å²) in [6, 6.07) is 15.8. The Labute approximate surface area is 147 Å². The second kappa shape index (κ2) is 8.65. The van der Waals surface area contributed by atoms with Crippen LogP contribution in [0.25, 0.3) is 0 Å². The molecule has 0 radical (unpaired) electrons. The van der Waals surface area contributed by atoms with Gasteiger partial charge in [-0.25, -0.2) is 0 Å². The summed E-state index contributed by atoms with van der Waals surface area (Å²) >= 11 is 11.4. The number of hydrogen-bond acceptors (Lipinski definition) is 2. The summed E-state index contributed by atoms with van der Waals surface area (Å²) in [4.78, 5) is 0. The lowest BCUT2D eigenvalue weighted by Crippen LogP contribution is -2.25. The zero-order valence-electron chi connectivity index (χ0n) is 13.3. The van der Waals surface area contributed by atoms with Crippen molar-refractivity contribution >= 4 is 40.3 Å². The van der Waals surface area contributed by atoms with Gasteiger partial charge in [-0.3, -0.25) is 5.43 Å². The maximum atomic E-state index is 6.11. The van der Waals surface area contributed by atoms with Crippen LogP contribution in [-0.2, 0) is 0 Å². The Morgan fingerprint density at radius 1 is 1.13 bits per heavy atom. The molecule has 0 spiro atoms. The Kier molecular flexibility index (Phi) is 6.56. The standard InChI is InChI=1S/C18H20ClN3S/c1-3-8-17(14-9-5-4-6-10-14)21-22-18(23)20-16-12-7-11-15(19)13(16)2/h4-7,9-12H,3,8H2,1-2H3,(H2,20,22,23). The number of nitrogens with zero attached hydrogens (tertiary/aromatic N) is 1. The second-order valence-corrected chi connectivity index (χ2v) is 5.97. The smallest absolute Gasteiger partial charge is 0.191 e. The van der Waals surface area contributed by atoms with E-state index in [-0.39, 0.29) is 0 Å². The van der Waals surface area contributed by atoms with Crippen molar-refractivity contribution in [2.75, 3.05) is 5.32 Å². The van der Waals surface area contributed by atoms with Crippen LogP contribution in [0.1, 0.15) is 30.9 Å². The number of hydrazone groups is 1. The van der Waals surface area contributed by atoms with Crippen LogP contribution in [-0.4, -0.2) is 10.8 Å². The maximum Gasteiger partial charge on any atom is 0.191 e. The van der Waals surface area contributed by atoms with E-state index in [1.165, 1.54) is 0 Å². The Bertz CT molecular complexity index is 699. The number of nitrogens with one attached hydrogen (secondary N) is 2. The minimum atomic E-state index is 0.444. The lowest BCUT2D eigenvalue weighted by molar-refractivity contribution is 0.954. The van der Waals surface area contributed by atoms with E-state index >= 15 is 0 Å². The maximum absolute atomic E-state index is 6.11. The molecule has 0 aromatic heterocycles. The third kappa shape index (κ3) is 5.05. The molecule has 0 saturated carbocycles. The van der Waals surface area contributed by atoms with Gasteiger partial charge in [0.25, 0.3) is 0 Å². The molecule has 2 aromatic carbocycles. The fourth-order valence-electron chi connectivity index (χ4n) is 2.14. The highest BCUT2D eigenvalue weighted by atomic mass is 35.5. The molecule has 0 atom stereocenters. The Balaban J connectivity index is 2.07. The van der Waals surface area contributed by atoms with Crippen molar-refractivity contribution in [1.82, 2.24) is 5.43 Å². The van der Waals surface area contributed by atoms with Crippen molar-refractivity contribution in [1.29, 1.82) is 0 Å². The molecule has 0 heterocycles. The van der Waals surface area contributed by atoms with Crippen molar-refractivity contribution in [3.05, 3.63) is 64.7 Å². The number of thiocarbonyl (C=S) groups is 1. The molecule has 0 aliphatic carbocycles. The van der Waals surface area contributed by atoms with E-state index in [2.05, 4.69) is 22.8 Å². The molecular weight excluding hydrogens is 326 g/mol. The van der Waals surface area contributed by atoms with Crippen molar-refractivity contribution in [3.63, 3.8) is 0 Å². The van der Waals surface area contributed by atoms with Gasteiger partial charge in [0.1, 0.15) is 0 Å². The van der Waals surface area contributed by atoms with Crippen LogP contribution >= 0.6 is 23.8 Å². The number of halogens is 1. The predicted octanol–water partition coefficient (Wildman–Crippen LogP) is 5.14. The van der Waals surface area contributed by atoms with Gasteiger partial charge < -0.3 is 5.32 Å². The molecule has 0 unspecified atom stereocenters. The van der Waals surface area contributed by atoms with Crippen LogP contribution in [0.3, 0.4) is 0 Å². The molecule has 3 nitrogen and oxygen atoms in total. The summed E-state index contributed by atoms with van der Waals surface area (Å²) in [5.41, 5.74) is 6.85. The highest BCUT2D eigenvalue weighted by Gasteiger charge is 2.05. The molecule has 2 rings (SSSR count). The Morgan fingerprint density at radius 3 is 2.57 bits per heavy atom. The molecule has 120 valence electrons. The van der Waals surface area contributed by atoms with Gasteiger partial charge in [0.2, 0.25) is 0 Å². The fraction of sp³-hybridized carbons (Fsp3) is 0.222. The van der Waals surface area contributed by atoms with Crippen LogP contribution in [0.5, 0.6) is 0 Å². The van der Waals surface area contributed by atoms with Crippen LogP contribution < -0.4 is 10.7 Å². The number of rotatable bonds is 5. The van der Waals surface area contributed by atoms with Crippen LogP contribution in [0.15, 0.2) is 53.6 Å². The first-order valence-electron chi connectivity index (χ1n) is 7.56. The van der Waals surface area contributed by atoms with E-state index in [1.807, 2.05) is 55.5 Å². The summed E-state index contributed by atoms with van der Waals surface area (Å²) in [5, 5.41) is 8.74. The topological polar surface area (TPSA) is 36.4 Å². The molecule has 2 N–H and O–H groups in total. The van der Waals surface area contributed by atoms with Crippen molar-refractivity contribution in [3.8, 4) is 0 Å². The lowest BCUT2D eigenvalue weighted by atomic mass is 10.1. The molecule has 2 aromatic rings. The highest BCUT2D eigenvalue weighted by Crippen LogP contribution is 2.22. The summed E-state index contributed by atoms with van der Waals surface area (Å²) in [5.74, 6) is 0. The molecule has 0 fully saturated rings. The van der Waals surface area contributed by atoms with E-state index in [1.54, 1.807) is 0 Å². The van der Waals surface area contributed by atoms with E-state index in [9.17, 15) is 0 Å². The normalized spacial score (nSPS) is 11.2.